The molecule has 0 aliphatic rings. The average Bonchev–Trinajstić information content (AvgIpc) is 0.782. The Kier molecular flexibility index (Phi) is 39.7. The molecule has 0 spiro atoms. The molecule has 0 saturated heterocycles. The van der Waals surface area contributed by atoms with E-state index in [-0.39, 0.29) is 11.2 Å². The summed E-state index contributed by atoms with van der Waals surface area (Å²) in [4.78, 5) is 26.9. The number of hydrogen-bond donors (Lipinski definition) is 0. The third kappa shape index (κ3) is 28.6. The zero-order chi connectivity index (χ0) is 74.9. The molecule has 0 radical (unpaired) electrons. The fraction of sp³-hybridized carbons (Fsp3) is 0.238. The Morgan fingerprint density at radius 2 is 0.615 bits per heavy atom. The van der Waals surface area contributed by atoms with Gasteiger partial charge in [0.05, 0.1) is 36.7 Å². The lowest BCUT2D eigenvalue weighted by Crippen LogP contribution is -2.11. The number of benzene rings is 8. The van der Waals surface area contributed by atoms with Gasteiger partial charge >= 0.3 is 0 Å². The maximum atomic E-state index is 13.8. The summed E-state index contributed by atoms with van der Waals surface area (Å²) in [5.41, 5.74) is 15.9. The first-order valence-electron chi connectivity index (χ1n) is 33.9. The lowest BCUT2D eigenvalue weighted by atomic mass is 10.0. The maximum absolute atomic E-state index is 13.8. The molecule has 0 aliphatic heterocycles. The Hall–Kier alpha value is -3.82. The SMILES string of the molecule is CC(C)Sc1sc(=S)c(-c2ccccc2)c(SC(C)C)c1-c1ccccc1.CC(C)Sc1sc(SC(C)C)c(-c2ccccc2)c(=O)c1-c1ccccc1.CC(C)Sc1sc(SC(C)C)c(-c2ccccc2)c(=S)c1-c1ccccc1.O=C(Cc1ccccc1)Cc1ccccc1.S=PP=S=S=S=S. The second kappa shape index (κ2) is 47.3. The first-order chi connectivity index (χ1) is 50.2. The van der Waals surface area contributed by atoms with Crippen LogP contribution in [0.1, 0.15) is 94.2 Å². The van der Waals surface area contributed by atoms with Crippen LogP contribution in [0, 0.1) is 8.33 Å². The van der Waals surface area contributed by atoms with Gasteiger partial charge in [-0.25, -0.2) is 0 Å². The van der Waals surface area contributed by atoms with Crippen LogP contribution in [-0.2, 0) is 67.9 Å². The summed E-state index contributed by atoms with van der Waals surface area (Å²) >= 11 is 37.9. The molecule has 104 heavy (non-hydrogen) atoms. The fourth-order valence-corrected chi connectivity index (χ4v) is 34.2. The van der Waals surface area contributed by atoms with Crippen molar-refractivity contribution in [2.75, 3.05) is 0 Å². The Morgan fingerprint density at radius 1 is 0.356 bits per heavy atom. The van der Waals surface area contributed by atoms with E-state index in [1.807, 2.05) is 180 Å². The molecule has 0 fully saturated rings. The number of ketones is 1. The van der Waals surface area contributed by atoms with Gasteiger partial charge in [0.15, 0.2) is 5.43 Å². The number of rotatable bonds is 23. The molecule has 3 heterocycles. The molecule has 20 heteroatoms. The first kappa shape index (κ1) is 87.4. The normalized spacial score (nSPS) is 10.9. The zero-order valence-corrected chi connectivity index (χ0v) is 75.1. The molecule has 0 saturated carbocycles. The van der Waals surface area contributed by atoms with Crippen molar-refractivity contribution < 1.29 is 4.79 Å². The van der Waals surface area contributed by atoms with E-state index >= 15 is 0 Å². The number of hydrogen-bond acceptors (Lipinski definition) is 15. The molecule has 540 valence electrons. The molecule has 3 aromatic heterocycles. The summed E-state index contributed by atoms with van der Waals surface area (Å²) in [5, 5.41) is 2.85. The Labute approximate surface area is 688 Å². The maximum Gasteiger partial charge on any atom is 0.198 e. The minimum atomic E-state index is 0.137. The molecule has 0 atom stereocenters. The van der Waals surface area contributed by atoms with Crippen molar-refractivity contribution in [2.45, 2.75) is 153 Å². The van der Waals surface area contributed by atoms with Crippen LogP contribution < -0.4 is 5.43 Å². The van der Waals surface area contributed by atoms with E-state index in [0.717, 1.165) is 57.2 Å². The summed E-state index contributed by atoms with van der Waals surface area (Å²) < 4.78 is 8.15. The lowest BCUT2D eigenvalue weighted by molar-refractivity contribution is -0.117. The van der Waals surface area contributed by atoms with Crippen molar-refractivity contribution in [3.05, 3.63) is 272 Å². The van der Waals surface area contributed by atoms with Gasteiger partial charge in [0.25, 0.3) is 0 Å². The van der Waals surface area contributed by atoms with Gasteiger partial charge in [-0.1, -0.05) is 350 Å². The minimum Gasteiger partial charge on any atom is -0.299 e. The predicted molar refractivity (Wildman–Crippen MR) is 495 cm³/mol. The molecule has 0 unspecified atom stereocenters. The van der Waals surface area contributed by atoms with Crippen LogP contribution in [0.3, 0.4) is 0 Å². The third-order valence-corrected chi connectivity index (χ3v) is 35.6. The molecule has 2 nitrogen and oxygen atoms in total. The van der Waals surface area contributed by atoms with E-state index in [4.69, 9.17) is 24.4 Å². The Morgan fingerprint density at radius 3 is 0.904 bits per heavy atom. The first-order valence-corrected chi connectivity index (χ1v) is 50.9. The van der Waals surface area contributed by atoms with Crippen LogP contribution in [0.4, 0.5) is 0 Å². The summed E-state index contributed by atoms with van der Waals surface area (Å²) in [6.07, 6.45) is 1.05. The van der Waals surface area contributed by atoms with Crippen LogP contribution >= 0.6 is 143 Å². The highest BCUT2D eigenvalue weighted by Gasteiger charge is 2.25. The largest absolute Gasteiger partial charge is 0.299 e. The standard InChI is InChI=1S/C23H24OS3.2C23H24S4.C15H14O.P2S5/c1-15(2)25-22-19(17-11-7-5-8-12-17)21(24)20(18-13-9-6-10-14-18)23(27-22)26-16(3)4;1-15(2)25-21-19(17-11-7-5-8-12-17)22(24)27-23(26-16(3)4)20(21)18-13-9-6-10-14-18;1-15(2)25-22-19(17-11-7-5-8-12-17)21(24)20(18-13-9-6-10-14-18)23(27-22)26-16(3)4;16-15(11-13-7-3-1-4-8-13)12-14-9-5-2-6-10-14;3-1-2-5-7-6-4/h3*5-16H,1-4H3;1-10H,11-12H2;. The van der Waals surface area contributed by atoms with E-state index in [1.165, 1.54) is 78.0 Å². The summed E-state index contributed by atoms with van der Waals surface area (Å²) in [6.45, 7) is 26.7. The molecule has 11 aromatic rings. The molecular formula is C84H86O2P2S16. The third-order valence-electron chi connectivity index (χ3n) is 14.2. The Bertz CT molecular complexity index is 4370. The number of thioether (sulfide) groups is 6. The van der Waals surface area contributed by atoms with Crippen molar-refractivity contribution in [2.24, 2.45) is 0 Å². The molecule has 0 amide bonds. The number of Topliss-reactive ketones (excluding diaryl/α,β-unsaturated/α-hetero) is 1. The quantitative estimate of drug-likeness (QED) is 0.0348. The summed E-state index contributed by atoms with van der Waals surface area (Å²) in [5.74, 6) is 0.261. The van der Waals surface area contributed by atoms with Gasteiger partial charge in [0.1, 0.15) is 9.61 Å². The topological polar surface area (TPSA) is 34.1 Å². The van der Waals surface area contributed by atoms with Crippen LogP contribution in [0.25, 0.3) is 66.8 Å². The van der Waals surface area contributed by atoms with Crippen molar-refractivity contribution in [1.29, 1.82) is 0 Å². The van der Waals surface area contributed by atoms with E-state index in [0.29, 0.717) is 44.3 Å². The van der Waals surface area contributed by atoms with Crippen LogP contribution in [0.2, 0.25) is 0 Å². The van der Waals surface area contributed by atoms with Gasteiger partial charge in [-0.15, -0.1) is 105 Å². The van der Waals surface area contributed by atoms with Crippen molar-refractivity contribution in [3.8, 4) is 66.8 Å². The highest BCUT2D eigenvalue weighted by Crippen LogP contribution is 2.51. The highest BCUT2D eigenvalue weighted by molar-refractivity contribution is 8.63. The van der Waals surface area contributed by atoms with E-state index in [9.17, 15) is 9.59 Å². The van der Waals surface area contributed by atoms with Crippen molar-refractivity contribution >= 4 is 199 Å². The summed E-state index contributed by atoms with van der Waals surface area (Å²) in [6, 6.07) is 82.4. The summed E-state index contributed by atoms with van der Waals surface area (Å²) in [7, 11) is 6.83. The van der Waals surface area contributed by atoms with Crippen molar-refractivity contribution in [1.82, 2.24) is 0 Å². The van der Waals surface area contributed by atoms with Gasteiger partial charge in [-0.2, -0.15) is 0 Å². The monoisotopic (exact) mass is 1700 g/mol. The fourth-order valence-electron chi connectivity index (χ4n) is 10.2. The molecular weight excluding hydrogens is 1620 g/mol. The van der Waals surface area contributed by atoms with Crippen molar-refractivity contribution in [3.63, 3.8) is 0 Å². The van der Waals surface area contributed by atoms with Gasteiger partial charge < -0.3 is 0 Å². The van der Waals surface area contributed by atoms with E-state index in [2.05, 4.69) is 227 Å². The smallest absolute Gasteiger partial charge is 0.198 e. The van der Waals surface area contributed by atoms with Gasteiger partial charge in [-0.3, -0.25) is 9.59 Å². The van der Waals surface area contributed by atoms with Gasteiger partial charge in [-0.05, 0) is 94.8 Å². The zero-order valence-electron chi connectivity index (χ0n) is 60.2. The number of carbonyl (C=O) groups excluding carboxylic acids is 1. The van der Waals surface area contributed by atoms with Crippen LogP contribution in [0.5, 0.6) is 0 Å². The van der Waals surface area contributed by atoms with Crippen LogP contribution in [0.15, 0.2) is 273 Å². The lowest BCUT2D eigenvalue weighted by Gasteiger charge is -2.20. The molecule has 0 bridgehead atoms. The molecule has 8 aromatic carbocycles. The average molecular weight is 1700 g/mol. The molecule has 11 rings (SSSR count). The predicted octanol–water partition coefficient (Wildman–Crippen LogP) is 29.8. The minimum absolute atomic E-state index is 0.137. The highest BCUT2D eigenvalue weighted by atomic mass is 33.3. The second-order valence-electron chi connectivity index (χ2n) is 24.7. The molecule has 0 N–H and O–H groups in total. The number of carbonyl (C=O) groups is 1. The van der Waals surface area contributed by atoms with Gasteiger partial charge in [0.2, 0.25) is 0 Å². The Balaban J connectivity index is 0.000000190. The van der Waals surface area contributed by atoms with E-state index in [1.54, 1.807) is 64.6 Å². The van der Waals surface area contributed by atoms with Gasteiger partial charge in [0, 0.05) is 85.6 Å². The van der Waals surface area contributed by atoms with Crippen LogP contribution in [-0.4, -0.2) is 37.3 Å². The van der Waals surface area contributed by atoms with E-state index < -0.39 is 0 Å². The second-order valence-corrected chi connectivity index (χ2v) is 49.4. The molecule has 0 aliphatic carbocycles.